The fourth-order valence-corrected chi connectivity index (χ4v) is 3.82. The Morgan fingerprint density at radius 2 is 1.42 bits per heavy atom. The highest BCUT2D eigenvalue weighted by Crippen LogP contribution is 2.23. The molecule has 1 aromatic heterocycles. The third-order valence-electron chi connectivity index (χ3n) is 5.46. The van der Waals surface area contributed by atoms with Gasteiger partial charge in [0.1, 0.15) is 30.5 Å². The second kappa shape index (κ2) is 10.4. The van der Waals surface area contributed by atoms with Gasteiger partial charge in [-0.05, 0) is 48.0 Å². The summed E-state index contributed by atoms with van der Waals surface area (Å²) in [6.45, 7) is 2.42. The van der Waals surface area contributed by atoms with Crippen LogP contribution in [-0.4, -0.2) is 18.6 Å². The molecule has 4 rings (SSSR count). The van der Waals surface area contributed by atoms with Gasteiger partial charge in [-0.15, -0.1) is 0 Å². The molecular formula is C25H25ClF2N2O. The Hall–Kier alpha value is -2.89. The largest absolute Gasteiger partial charge is 1.00 e. The topological polar surface area (TPSA) is 29.5 Å². The first kappa shape index (κ1) is 22.8. The standard InChI is InChI=1S/C25H24F2N2O.ClH/c1-30-23-10-11-25-24(14-23)20(15-28-25)12-13-29(16-18-2-6-21(26)7-3-18)17-19-4-8-22(27)9-5-19;/h2-11,14-15,28H,12-13,16-17H2,1H3;1H. The minimum atomic E-state index is -0.230. The quantitative estimate of drug-likeness (QED) is 0.423. The van der Waals surface area contributed by atoms with E-state index in [2.05, 4.69) is 17.2 Å². The van der Waals surface area contributed by atoms with E-state index in [1.54, 1.807) is 7.11 Å². The van der Waals surface area contributed by atoms with E-state index < -0.39 is 0 Å². The van der Waals surface area contributed by atoms with E-state index in [0.29, 0.717) is 0 Å². The molecule has 0 saturated heterocycles. The Morgan fingerprint density at radius 1 is 0.839 bits per heavy atom. The van der Waals surface area contributed by atoms with E-state index in [4.69, 9.17) is 4.74 Å². The minimum absolute atomic E-state index is 0. The van der Waals surface area contributed by atoms with Gasteiger partial charge >= 0.3 is 0 Å². The maximum absolute atomic E-state index is 13.3. The summed E-state index contributed by atoms with van der Waals surface area (Å²) in [4.78, 5) is 4.65. The highest BCUT2D eigenvalue weighted by Gasteiger charge is 2.14. The number of aromatic nitrogens is 1. The SMILES string of the molecule is COc1ccc2[nH]cc(CC[NH+](Cc3ccc(F)cc3)Cc3ccc(F)cc3)c2c1.[Cl-]. The number of H-pyrrole nitrogens is 1. The molecule has 0 fully saturated rings. The number of fused-ring (bicyclic) bond motifs is 1. The van der Waals surface area contributed by atoms with Crippen molar-refractivity contribution in [3.8, 4) is 5.75 Å². The summed E-state index contributed by atoms with van der Waals surface area (Å²) in [5.74, 6) is 0.378. The molecule has 0 amide bonds. The molecule has 0 radical (unpaired) electrons. The van der Waals surface area contributed by atoms with Crippen LogP contribution in [0.5, 0.6) is 5.75 Å². The Kier molecular flexibility index (Phi) is 7.66. The summed E-state index contributed by atoms with van der Waals surface area (Å²) in [7, 11) is 1.67. The van der Waals surface area contributed by atoms with Crippen molar-refractivity contribution in [2.24, 2.45) is 0 Å². The summed E-state index contributed by atoms with van der Waals surface area (Å²) in [5.41, 5.74) is 4.48. The molecule has 0 aliphatic carbocycles. The zero-order chi connectivity index (χ0) is 20.9. The number of rotatable bonds is 8. The molecule has 0 atom stereocenters. The van der Waals surface area contributed by atoms with Crippen molar-refractivity contribution in [1.29, 1.82) is 0 Å². The van der Waals surface area contributed by atoms with Gasteiger partial charge in [0.25, 0.3) is 0 Å². The Balaban J connectivity index is 0.00000272. The number of hydrogen-bond acceptors (Lipinski definition) is 1. The third-order valence-corrected chi connectivity index (χ3v) is 5.46. The number of ether oxygens (including phenoxy) is 1. The van der Waals surface area contributed by atoms with Crippen molar-refractivity contribution >= 4 is 10.9 Å². The highest BCUT2D eigenvalue weighted by atomic mass is 35.5. The molecule has 3 nitrogen and oxygen atoms in total. The zero-order valence-electron chi connectivity index (χ0n) is 17.3. The monoisotopic (exact) mass is 442 g/mol. The molecule has 31 heavy (non-hydrogen) atoms. The van der Waals surface area contributed by atoms with Gasteiger partial charge in [0, 0.05) is 34.6 Å². The smallest absolute Gasteiger partial charge is 0.123 e. The number of halogens is 3. The molecule has 0 aliphatic rings. The Morgan fingerprint density at radius 3 is 1.97 bits per heavy atom. The number of nitrogens with one attached hydrogen (secondary N) is 2. The molecule has 0 saturated carbocycles. The summed E-state index contributed by atoms with van der Waals surface area (Å²) in [6, 6.07) is 19.3. The van der Waals surface area contributed by atoms with Gasteiger partial charge in [0.15, 0.2) is 0 Å². The number of methoxy groups -OCH3 is 1. The van der Waals surface area contributed by atoms with Crippen molar-refractivity contribution in [2.75, 3.05) is 13.7 Å². The molecule has 162 valence electrons. The first-order chi connectivity index (χ1) is 14.6. The predicted molar refractivity (Wildman–Crippen MR) is 115 cm³/mol. The summed E-state index contributed by atoms with van der Waals surface area (Å²) in [6.07, 6.45) is 2.93. The van der Waals surface area contributed by atoms with Crippen LogP contribution in [0.1, 0.15) is 16.7 Å². The molecule has 0 aliphatic heterocycles. The average molecular weight is 443 g/mol. The van der Waals surface area contributed by atoms with Gasteiger partial charge in [-0.3, -0.25) is 0 Å². The molecule has 3 aromatic carbocycles. The van der Waals surface area contributed by atoms with E-state index in [1.807, 2.05) is 36.4 Å². The van der Waals surface area contributed by atoms with Crippen LogP contribution in [0.3, 0.4) is 0 Å². The maximum atomic E-state index is 13.3. The molecule has 0 spiro atoms. The van der Waals surface area contributed by atoms with Crippen LogP contribution in [0.4, 0.5) is 8.78 Å². The van der Waals surface area contributed by atoms with Crippen molar-refractivity contribution in [1.82, 2.24) is 4.98 Å². The lowest BCUT2D eigenvalue weighted by molar-refractivity contribution is -0.927. The van der Waals surface area contributed by atoms with Gasteiger partial charge < -0.3 is 27.0 Å². The van der Waals surface area contributed by atoms with E-state index in [9.17, 15) is 8.78 Å². The van der Waals surface area contributed by atoms with Crippen LogP contribution in [0.15, 0.2) is 72.9 Å². The normalized spacial score (nSPS) is 11.0. The van der Waals surface area contributed by atoms with Crippen LogP contribution >= 0.6 is 0 Å². The molecule has 4 aromatic rings. The van der Waals surface area contributed by atoms with Crippen molar-refractivity contribution < 1.29 is 30.8 Å². The van der Waals surface area contributed by atoms with Gasteiger partial charge in [0.05, 0.1) is 13.7 Å². The van der Waals surface area contributed by atoms with Crippen LogP contribution in [0.2, 0.25) is 0 Å². The molecule has 0 bridgehead atoms. The molecular weight excluding hydrogens is 418 g/mol. The maximum Gasteiger partial charge on any atom is 0.123 e. The van der Waals surface area contributed by atoms with E-state index >= 15 is 0 Å². The van der Waals surface area contributed by atoms with Gasteiger partial charge in [-0.25, -0.2) is 8.78 Å². The van der Waals surface area contributed by atoms with Crippen LogP contribution < -0.4 is 22.0 Å². The number of quaternary nitrogens is 1. The highest BCUT2D eigenvalue weighted by molar-refractivity contribution is 5.84. The van der Waals surface area contributed by atoms with Crippen LogP contribution in [-0.2, 0) is 19.5 Å². The molecule has 6 heteroatoms. The lowest BCUT2D eigenvalue weighted by Crippen LogP contribution is -3.09. The number of aromatic amines is 1. The van der Waals surface area contributed by atoms with Gasteiger partial charge in [0.2, 0.25) is 0 Å². The van der Waals surface area contributed by atoms with E-state index in [-0.39, 0.29) is 24.0 Å². The van der Waals surface area contributed by atoms with Crippen molar-refractivity contribution in [3.05, 3.63) is 101 Å². The Bertz CT molecular complexity index is 1060. The third kappa shape index (κ3) is 5.84. The van der Waals surface area contributed by atoms with Crippen molar-refractivity contribution in [3.63, 3.8) is 0 Å². The summed E-state index contributed by atoms with van der Waals surface area (Å²) < 4.78 is 32.0. The fraction of sp³-hybridized carbons (Fsp3) is 0.200. The first-order valence-corrected chi connectivity index (χ1v) is 10.1. The molecule has 0 unspecified atom stereocenters. The minimum Gasteiger partial charge on any atom is -1.00 e. The average Bonchev–Trinajstić information content (AvgIpc) is 3.17. The second-order valence-corrected chi connectivity index (χ2v) is 7.58. The lowest BCUT2D eigenvalue weighted by Gasteiger charge is -2.20. The summed E-state index contributed by atoms with van der Waals surface area (Å²) in [5, 5.41) is 1.16. The number of hydrogen-bond donors (Lipinski definition) is 2. The van der Waals surface area contributed by atoms with Crippen LogP contribution in [0, 0.1) is 11.6 Å². The number of benzene rings is 3. The lowest BCUT2D eigenvalue weighted by atomic mass is 10.1. The fourth-order valence-electron chi connectivity index (χ4n) is 3.82. The van der Waals surface area contributed by atoms with Gasteiger partial charge in [-0.2, -0.15) is 0 Å². The van der Waals surface area contributed by atoms with Gasteiger partial charge in [-0.1, -0.05) is 24.3 Å². The second-order valence-electron chi connectivity index (χ2n) is 7.58. The van der Waals surface area contributed by atoms with Crippen molar-refractivity contribution in [2.45, 2.75) is 19.5 Å². The first-order valence-electron chi connectivity index (χ1n) is 10.1. The van der Waals surface area contributed by atoms with Crippen LogP contribution in [0.25, 0.3) is 10.9 Å². The predicted octanol–water partition coefficient (Wildman–Crippen LogP) is 1.29. The summed E-state index contributed by atoms with van der Waals surface area (Å²) >= 11 is 0. The Labute approximate surface area is 187 Å². The van der Waals surface area contributed by atoms with E-state index in [1.165, 1.54) is 34.7 Å². The zero-order valence-corrected chi connectivity index (χ0v) is 18.1. The molecule has 1 heterocycles. The van der Waals surface area contributed by atoms with E-state index in [0.717, 1.165) is 53.8 Å². The molecule has 2 N–H and O–H groups in total.